The number of carbonyl (C=O) groups is 1. The number of halogens is 1. The van der Waals surface area contributed by atoms with E-state index in [-0.39, 0.29) is 19.1 Å². The standard InChI is InChI=1S/C24H21ClN2O2.CH4/c1-14-4-3-5-15(2)19(14)13-22-24(29)27-21-11-8-17(25)12-20(21)23(26-22)16-6-9-18(28)10-7-16;/h3-12,22,28H,13H2,1-2H3,(H,27,29);1H4. The molecule has 5 heteroatoms. The Hall–Kier alpha value is -3.11. The minimum absolute atomic E-state index is 0. The Morgan fingerprint density at radius 2 is 1.70 bits per heavy atom. The molecule has 3 aromatic carbocycles. The van der Waals surface area contributed by atoms with Crippen LogP contribution < -0.4 is 5.32 Å². The molecule has 0 saturated carbocycles. The fourth-order valence-electron chi connectivity index (χ4n) is 3.67. The molecule has 1 heterocycles. The topological polar surface area (TPSA) is 61.7 Å². The van der Waals surface area contributed by atoms with Crippen LogP contribution in [0.4, 0.5) is 5.69 Å². The van der Waals surface area contributed by atoms with Gasteiger partial charge in [-0.1, -0.05) is 37.2 Å². The minimum Gasteiger partial charge on any atom is -0.508 e. The summed E-state index contributed by atoms with van der Waals surface area (Å²) in [5.74, 6) is 0.0283. The number of aryl methyl sites for hydroxylation is 2. The monoisotopic (exact) mass is 420 g/mol. The number of phenols is 1. The van der Waals surface area contributed by atoms with Gasteiger partial charge >= 0.3 is 0 Å². The highest BCUT2D eigenvalue weighted by Gasteiger charge is 2.27. The second-order valence-electron chi connectivity index (χ2n) is 7.29. The summed E-state index contributed by atoms with van der Waals surface area (Å²) in [4.78, 5) is 17.9. The van der Waals surface area contributed by atoms with Gasteiger partial charge in [0.15, 0.2) is 0 Å². The largest absolute Gasteiger partial charge is 0.508 e. The molecule has 1 unspecified atom stereocenters. The maximum absolute atomic E-state index is 13.0. The van der Waals surface area contributed by atoms with Gasteiger partial charge in [0.25, 0.3) is 0 Å². The minimum atomic E-state index is -0.579. The summed E-state index contributed by atoms with van der Waals surface area (Å²) in [6.45, 7) is 4.10. The molecule has 0 bridgehead atoms. The molecule has 4 rings (SSSR count). The number of nitrogens with one attached hydrogen (secondary N) is 1. The second kappa shape index (κ2) is 8.72. The van der Waals surface area contributed by atoms with Crippen molar-refractivity contribution in [1.29, 1.82) is 0 Å². The number of benzene rings is 3. The fraction of sp³-hybridized carbons (Fsp3) is 0.200. The Labute approximate surface area is 182 Å². The second-order valence-corrected chi connectivity index (χ2v) is 7.73. The average molecular weight is 421 g/mol. The highest BCUT2D eigenvalue weighted by Crippen LogP contribution is 2.29. The first-order chi connectivity index (χ1) is 13.9. The number of carbonyl (C=O) groups excluding carboxylic acids is 1. The molecule has 1 amide bonds. The molecule has 0 radical (unpaired) electrons. The number of nitrogens with zero attached hydrogens (tertiary/aromatic N) is 1. The van der Waals surface area contributed by atoms with E-state index in [1.165, 1.54) is 0 Å². The van der Waals surface area contributed by atoms with Crippen LogP contribution in [0, 0.1) is 13.8 Å². The smallest absolute Gasteiger partial charge is 0.249 e. The third-order valence-electron chi connectivity index (χ3n) is 5.26. The molecule has 0 aromatic heterocycles. The lowest BCUT2D eigenvalue weighted by Crippen LogP contribution is -2.28. The van der Waals surface area contributed by atoms with Crippen molar-refractivity contribution in [2.45, 2.75) is 33.7 Å². The fourth-order valence-corrected chi connectivity index (χ4v) is 3.85. The molecule has 0 aliphatic carbocycles. The van der Waals surface area contributed by atoms with E-state index in [2.05, 4.69) is 31.3 Å². The van der Waals surface area contributed by atoms with E-state index < -0.39 is 6.04 Å². The van der Waals surface area contributed by atoms with Crippen molar-refractivity contribution >= 4 is 28.9 Å². The Balaban J connectivity index is 0.00000256. The number of anilines is 1. The highest BCUT2D eigenvalue weighted by molar-refractivity contribution is 6.32. The van der Waals surface area contributed by atoms with Crippen LogP contribution >= 0.6 is 11.6 Å². The molecule has 0 saturated heterocycles. The molecule has 0 fully saturated rings. The Kier molecular flexibility index (Phi) is 6.28. The van der Waals surface area contributed by atoms with Gasteiger partial charge in [-0.15, -0.1) is 0 Å². The van der Waals surface area contributed by atoms with E-state index in [9.17, 15) is 9.90 Å². The molecular formula is C25H25ClN2O2. The van der Waals surface area contributed by atoms with Crippen LogP contribution in [0.25, 0.3) is 0 Å². The first kappa shape index (κ1) is 21.6. The zero-order valence-electron chi connectivity index (χ0n) is 16.2. The number of hydrogen-bond donors (Lipinski definition) is 2. The lowest BCUT2D eigenvalue weighted by atomic mass is 9.96. The van der Waals surface area contributed by atoms with Crippen molar-refractivity contribution in [3.63, 3.8) is 0 Å². The third kappa shape index (κ3) is 4.24. The van der Waals surface area contributed by atoms with E-state index in [0.717, 1.165) is 27.8 Å². The summed E-state index contributed by atoms with van der Waals surface area (Å²) < 4.78 is 0. The van der Waals surface area contributed by atoms with Gasteiger partial charge < -0.3 is 10.4 Å². The van der Waals surface area contributed by atoms with Crippen LogP contribution in [0.1, 0.15) is 35.2 Å². The number of phenolic OH excluding ortho intramolecular Hbond substituents is 1. The zero-order chi connectivity index (χ0) is 20.5. The summed E-state index contributed by atoms with van der Waals surface area (Å²) in [6, 6.07) is 17.7. The van der Waals surface area contributed by atoms with E-state index >= 15 is 0 Å². The number of benzodiazepines with no additional fused rings is 1. The Morgan fingerprint density at radius 1 is 1.03 bits per heavy atom. The number of fused-ring (bicyclic) bond motifs is 1. The summed E-state index contributed by atoms with van der Waals surface area (Å²) in [7, 11) is 0. The van der Waals surface area contributed by atoms with Gasteiger partial charge in [-0.3, -0.25) is 9.79 Å². The van der Waals surface area contributed by atoms with Crippen molar-refractivity contribution in [2.24, 2.45) is 4.99 Å². The molecule has 4 nitrogen and oxygen atoms in total. The van der Waals surface area contributed by atoms with Crippen LogP contribution in [-0.4, -0.2) is 22.8 Å². The van der Waals surface area contributed by atoms with Gasteiger partial charge in [-0.05, 0) is 73.0 Å². The van der Waals surface area contributed by atoms with Gasteiger partial charge in [-0.2, -0.15) is 0 Å². The van der Waals surface area contributed by atoms with Crippen molar-refractivity contribution in [2.75, 3.05) is 5.32 Å². The maximum Gasteiger partial charge on any atom is 0.249 e. The van der Waals surface area contributed by atoms with Crippen LogP contribution in [0.15, 0.2) is 65.7 Å². The Morgan fingerprint density at radius 3 is 2.37 bits per heavy atom. The Bertz CT molecular complexity index is 1100. The molecule has 1 atom stereocenters. The SMILES string of the molecule is C.Cc1cccc(C)c1CC1N=C(c2ccc(O)cc2)c2cc(Cl)ccc2NC1=O. The molecular weight excluding hydrogens is 396 g/mol. The van der Waals surface area contributed by atoms with Gasteiger partial charge in [-0.25, -0.2) is 0 Å². The number of aliphatic imine (C=N–C) groups is 1. The van der Waals surface area contributed by atoms with Gasteiger partial charge in [0.2, 0.25) is 5.91 Å². The summed E-state index contributed by atoms with van der Waals surface area (Å²) >= 11 is 6.24. The first-order valence-corrected chi connectivity index (χ1v) is 9.83. The lowest BCUT2D eigenvalue weighted by molar-refractivity contribution is -0.117. The zero-order valence-corrected chi connectivity index (χ0v) is 17.0. The van der Waals surface area contributed by atoms with Gasteiger partial charge in [0, 0.05) is 22.6 Å². The van der Waals surface area contributed by atoms with E-state index in [4.69, 9.17) is 16.6 Å². The quantitative estimate of drug-likeness (QED) is 0.570. The van der Waals surface area contributed by atoms with Crippen molar-refractivity contribution in [3.8, 4) is 5.75 Å². The summed E-state index contributed by atoms with van der Waals surface area (Å²) in [6.07, 6.45) is 0.508. The lowest BCUT2D eigenvalue weighted by Gasteiger charge is -2.15. The molecule has 0 spiro atoms. The van der Waals surface area contributed by atoms with Crippen LogP contribution in [0.5, 0.6) is 5.75 Å². The molecule has 2 N–H and O–H groups in total. The van der Waals surface area contributed by atoms with E-state index in [1.54, 1.807) is 36.4 Å². The first-order valence-electron chi connectivity index (χ1n) is 9.45. The molecule has 30 heavy (non-hydrogen) atoms. The average Bonchev–Trinajstić information content (AvgIpc) is 2.82. The predicted octanol–water partition coefficient (Wildman–Crippen LogP) is 5.70. The third-order valence-corrected chi connectivity index (χ3v) is 5.50. The maximum atomic E-state index is 13.0. The molecule has 3 aromatic rings. The van der Waals surface area contributed by atoms with E-state index in [0.29, 0.717) is 22.8 Å². The van der Waals surface area contributed by atoms with Crippen LogP contribution in [0.3, 0.4) is 0 Å². The van der Waals surface area contributed by atoms with Crippen molar-refractivity contribution < 1.29 is 9.90 Å². The molecule has 1 aliphatic rings. The highest BCUT2D eigenvalue weighted by atomic mass is 35.5. The van der Waals surface area contributed by atoms with Crippen molar-refractivity contribution in [1.82, 2.24) is 0 Å². The number of amides is 1. The normalized spacial score (nSPS) is 15.4. The number of rotatable bonds is 3. The predicted molar refractivity (Wildman–Crippen MR) is 124 cm³/mol. The molecule has 1 aliphatic heterocycles. The van der Waals surface area contributed by atoms with Gasteiger partial charge in [0.05, 0.1) is 11.4 Å². The summed E-state index contributed by atoms with van der Waals surface area (Å²) in [5.41, 5.74) is 6.35. The van der Waals surface area contributed by atoms with Gasteiger partial charge in [0.1, 0.15) is 11.8 Å². The molecule has 154 valence electrons. The van der Waals surface area contributed by atoms with E-state index in [1.807, 2.05) is 12.1 Å². The van der Waals surface area contributed by atoms with Crippen molar-refractivity contribution in [3.05, 3.63) is 93.5 Å². The van der Waals surface area contributed by atoms with Crippen LogP contribution in [-0.2, 0) is 11.2 Å². The summed E-state index contributed by atoms with van der Waals surface area (Å²) in [5, 5.41) is 13.2. The number of hydrogen-bond acceptors (Lipinski definition) is 3. The van der Waals surface area contributed by atoms with Crippen LogP contribution in [0.2, 0.25) is 5.02 Å². The number of aromatic hydroxyl groups is 1.